The van der Waals surface area contributed by atoms with Gasteiger partial charge < -0.3 is 5.73 Å². The minimum absolute atomic E-state index is 0.0458. The molecule has 2 rings (SSSR count). The number of hydrogen-bond donors (Lipinski definition) is 1. The Morgan fingerprint density at radius 2 is 1.89 bits per heavy atom. The highest BCUT2D eigenvalue weighted by molar-refractivity contribution is 5.28. The predicted molar refractivity (Wildman–Crippen MR) is 63.8 cm³/mol. The fourth-order valence-corrected chi connectivity index (χ4v) is 2.14. The molecule has 0 spiro atoms. The molecule has 0 unspecified atom stereocenters. The Morgan fingerprint density at radius 3 is 2.42 bits per heavy atom. The molecule has 1 aliphatic carbocycles. The molecule has 0 saturated heterocycles. The van der Waals surface area contributed by atoms with Crippen molar-refractivity contribution in [3.05, 3.63) is 35.1 Å². The summed E-state index contributed by atoms with van der Waals surface area (Å²) in [5.41, 5.74) is 6.76. The van der Waals surface area contributed by atoms with Crippen LogP contribution in [0.25, 0.3) is 0 Å². The van der Waals surface area contributed by atoms with Crippen molar-refractivity contribution in [1.82, 2.24) is 4.90 Å². The highest BCUT2D eigenvalue weighted by Crippen LogP contribution is 2.32. The van der Waals surface area contributed by atoms with Crippen LogP contribution in [0.3, 0.4) is 0 Å². The molecular formula is C13H16F4N2. The van der Waals surface area contributed by atoms with E-state index in [1.165, 1.54) is 23.1 Å². The van der Waals surface area contributed by atoms with Gasteiger partial charge in [-0.1, -0.05) is 6.07 Å². The summed E-state index contributed by atoms with van der Waals surface area (Å²) >= 11 is 0. The van der Waals surface area contributed by atoms with E-state index in [4.69, 9.17) is 5.73 Å². The van der Waals surface area contributed by atoms with Crippen LogP contribution in [-0.4, -0.2) is 23.7 Å². The third-order valence-electron chi connectivity index (χ3n) is 3.21. The Hall–Kier alpha value is -1.14. The zero-order valence-electron chi connectivity index (χ0n) is 10.4. The molecule has 0 atom stereocenters. The second-order valence-electron chi connectivity index (χ2n) is 4.87. The van der Waals surface area contributed by atoms with Crippen LogP contribution >= 0.6 is 0 Å². The Kier molecular flexibility index (Phi) is 4.10. The summed E-state index contributed by atoms with van der Waals surface area (Å²) in [5.74, 6) is -0.449. The van der Waals surface area contributed by atoms with Crippen LogP contribution in [-0.2, 0) is 13.1 Å². The van der Waals surface area contributed by atoms with Crippen LogP contribution in [0.15, 0.2) is 18.2 Å². The Morgan fingerprint density at radius 1 is 1.21 bits per heavy atom. The maximum Gasteiger partial charge on any atom is 0.401 e. The lowest BCUT2D eigenvalue weighted by molar-refractivity contribution is -0.148. The molecule has 19 heavy (non-hydrogen) atoms. The van der Waals surface area contributed by atoms with Gasteiger partial charge in [-0.2, -0.15) is 13.2 Å². The molecule has 0 aliphatic heterocycles. The number of rotatable bonds is 5. The number of hydrogen-bond acceptors (Lipinski definition) is 2. The van der Waals surface area contributed by atoms with Gasteiger partial charge in [0.2, 0.25) is 0 Å². The van der Waals surface area contributed by atoms with Crippen molar-refractivity contribution in [2.24, 2.45) is 5.73 Å². The van der Waals surface area contributed by atoms with Crippen LogP contribution in [0.2, 0.25) is 0 Å². The van der Waals surface area contributed by atoms with Crippen molar-refractivity contribution in [2.75, 3.05) is 6.54 Å². The number of benzene rings is 1. The van der Waals surface area contributed by atoms with Crippen molar-refractivity contribution >= 4 is 0 Å². The van der Waals surface area contributed by atoms with Gasteiger partial charge in [-0.3, -0.25) is 4.90 Å². The maximum absolute atomic E-state index is 13.2. The first-order valence-electron chi connectivity index (χ1n) is 6.17. The average molecular weight is 276 g/mol. The van der Waals surface area contributed by atoms with Crippen molar-refractivity contribution in [3.63, 3.8) is 0 Å². The Bertz CT molecular complexity index is 441. The smallest absolute Gasteiger partial charge is 0.326 e. The molecule has 106 valence electrons. The fraction of sp³-hybridized carbons (Fsp3) is 0.538. The minimum atomic E-state index is -4.24. The normalized spacial score (nSPS) is 16.1. The molecule has 0 aromatic heterocycles. The summed E-state index contributed by atoms with van der Waals surface area (Å²) in [6.45, 7) is -0.674. The number of alkyl halides is 3. The first-order chi connectivity index (χ1) is 8.89. The van der Waals surface area contributed by atoms with E-state index in [-0.39, 0.29) is 19.1 Å². The average Bonchev–Trinajstić information content (AvgIpc) is 3.10. The second-order valence-corrected chi connectivity index (χ2v) is 4.87. The molecule has 1 aromatic rings. The first-order valence-corrected chi connectivity index (χ1v) is 6.17. The topological polar surface area (TPSA) is 29.3 Å². The van der Waals surface area contributed by atoms with Crippen LogP contribution in [0.4, 0.5) is 17.6 Å². The lowest BCUT2D eigenvalue weighted by atomic mass is 10.1. The van der Waals surface area contributed by atoms with Gasteiger partial charge in [0.25, 0.3) is 0 Å². The van der Waals surface area contributed by atoms with E-state index >= 15 is 0 Å². The van der Waals surface area contributed by atoms with Crippen molar-refractivity contribution in [2.45, 2.75) is 38.1 Å². The molecule has 0 amide bonds. The molecule has 0 heterocycles. The molecular weight excluding hydrogens is 260 g/mol. The van der Waals surface area contributed by atoms with E-state index in [2.05, 4.69) is 0 Å². The zero-order chi connectivity index (χ0) is 14.0. The Balaban J connectivity index is 2.14. The molecule has 0 bridgehead atoms. The van der Waals surface area contributed by atoms with Gasteiger partial charge in [-0.05, 0) is 36.1 Å². The third-order valence-corrected chi connectivity index (χ3v) is 3.21. The second kappa shape index (κ2) is 5.46. The molecule has 1 saturated carbocycles. The molecule has 2 nitrogen and oxygen atoms in total. The quantitative estimate of drug-likeness (QED) is 0.838. The van der Waals surface area contributed by atoms with Gasteiger partial charge in [0.05, 0.1) is 6.54 Å². The molecule has 1 fully saturated rings. The maximum atomic E-state index is 13.2. The first kappa shape index (κ1) is 14.3. The molecule has 1 aliphatic rings. The molecule has 0 radical (unpaired) electrons. The van der Waals surface area contributed by atoms with E-state index in [9.17, 15) is 17.6 Å². The lowest BCUT2D eigenvalue weighted by Crippen LogP contribution is -2.35. The summed E-state index contributed by atoms with van der Waals surface area (Å²) < 4.78 is 50.8. The largest absolute Gasteiger partial charge is 0.401 e. The van der Waals surface area contributed by atoms with Gasteiger partial charge >= 0.3 is 6.18 Å². The standard InChI is InChI=1S/C13H16F4N2/c14-11-2-1-9(6-18)10(5-11)7-19(12-3-4-12)8-13(15,16)17/h1-2,5,12H,3-4,6-8,18H2. The van der Waals surface area contributed by atoms with E-state index in [0.717, 1.165) is 12.8 Å². The van der Waals surface area contributed by atoms with E-state index in [1.807, 2.05) is 0 Å². The van der Waals surface area contributed by atoms with Crippen molar-refractivity contribution in [1.29, 1.82) is 0 Å². The minimum Gasteiger partial charge on any atom is -0.326 e. The van der Waals surface area contributed by atoms with Gasteiger partial charge in [0.1, 0.15) is 5.82 Å². The van der Waals surface area contributed by atoms with Gasteiger partial charge in [-0.15, -0.1) is 0 Å². The van der Waals surface area contributed by atoms with Gasteiger partial charge in [-0.25, -0.2) is 4.39 Å². The fourth-order valence-electron chi connectivity index (χ4n) is 2.14. The van der Waals surface area contributed by atoms with E-state index in [1.54, 1.807) is 0 Å². The summed E-state index contributed by atoms with van der Waals surface area (Å²) in [6, 6.07) is 4.03. The van der Waals surface area contributed by atoms with E-state index in [0.29, 0.717) is 11.1 Å². The summed E-state index contributed by atoms with van der Waals surface area (Å²) in [7, 11) is 0. The third kappa shape index (κ3) is 4.18. The molecule has 2 N–H and O–H groups in total. The zero-order valence-corrected chi connectivity index (χ0v) is 10.4. The molecule has 6 heteroatoms. The summed E-state index contributed by atoms with van der Waals surface area (Å²) in [6.07, 6.45) is -2.70. The summed E-state index contributed by atoms with van der Waals surface area (Å²) in [5, 5.41) is 0. The van der Waals surface area contributed by atoms with Crippen molar-refractivity contribution in [3.8, 4) is 0 Å². The lowest BCUT2D eigenvalue weighted by Gasteiger charge is -2.24. The highest BCUT2D eigenvalue weighted by Gasteiger charge is 2.38. The highest BCUT2D eigenvalue weighted by atomic mass is 19.4. The van der Waals surface area contributed by atoms with Gasteiger partial charge in [0.15, 0.2) is 0 Å². The SMILES string of the molecule is NCc1ccc(F)cc1CN(CC(F)(F)F)C1CC1. The van der Waals surface area contributed by atoms with Crippen LogP contribution in [0.5, 0.6) is 0 Å². The van der Waals surface area contributed by atoms with Crippen LogP contribution in [0, 0.1) is 5.82 Å². The van der Waals surface area contributed by atoms with E-state index < -0.39 is 18.5 Å². The van der Waals surface area contributed by atoms with Gasteiger partial charge in [0, 0.05) is 19.1 Å². The van der Waals surface area contributed by atoms with Crippen LogP contribution in [0.1, 0.15) is 24.0 Å². The Labute approximate surface area is 109 Å². The number of halogens is 4. The van der Waals surface area contributed by atoms with Crippen molar-refractivity contribution < 1.29 is 17.6 Å². The van der Waals surface area contributed by atoms with Crippen LogP contribution < -0.4 is 5.73 Å². The number of nitrogens with zero attached hydrogens (tertiary/aromatic N) is 1. The predicted octanol–water partition coefficient (Wildman–Crippen LogP) is 2.81. The molecule has 1 aromatic carbocycles. The monoisotopic (exact) mass is 276 g/mol. The summed E-state index contributed by atoms with van der Waals surface area (Å²) in [4.78, 5) is 1.36. The number of nitrogens with two attached hydrogens (primary N) is 1.